The zero-order valence-corrected chi connectivity index (χ0v) is 23.5. The Morgan fingerprint density at radius 1 is 1.11 bits per heavy atom. The van der Waals surface area contributed by atoms with Gasteiger partial charge in [0, 0.05) is 10.6 Å². The number of hydrogen-bond donors (Lipinski definition) is 0. The first-order chi connectivity index (χ1) is 16.9. The second-order valence-corrected chi connectivity index (χ2v) is 10.6. The van der Waals surface area contributed by atoms with Crippen LogP contribution in [0.2, 0.25) is 5.02 Å². The van der Waals surface area contributed by atoms with Crippen LogP contribution in [0.4, 0.5) is 5.69 Å². The first kappa shape index (κ1) is 25.8. The lowest BCUT2D eigenvalue weighted by Crippen LogP contribution is -2.27. The molecule has 0 atom stereocenters. The molecule has 1 aliphatic rings. The maximum atomic E-state index is 13.2. The first-order valence-electron chi connectivity index (χ1n) is 10.7. The lowest BCUT2D eigenvalue weighted by Gasteiger charge is -2.15. The van der Waals surface area contributed by atoms with E-state index >= 15 is 0 Å². The molecule has 1 aliphatic heterocycles. The van der Waals surface area contributed by atoms with E-state index in [4.69, 9.17) is 38.0 Å². The van der Waals surface area contributed by atoms with Crippen LogP contribution < -0.4 is 19.1 Å². The molecule has 0 N–H and O–H groups in total. The average Bonchev–Trinajstić information content (AvgIpc) is 3.12. The van der Waals surface area contributed by atoms with E-state index in [1.807, 2.05) is 73.7 Å². The van der Waals surface area contributed by atoms with Crippen molar-refractivity contribution in [1.29, 1.82) is 0 Å². The van der Waals surface area contributed by atoms with Crippen LogP contribution in [-0.2, 0) is 11.4 Å². The van der Waals surface area contributed by atoms with Gasteiger partial charge in [0.15, 0.2) is 15.8 Å². The highest BCUT2D eigenvalue weighted by Crippen LogP contribution is 2.39. The Morgan fingerprint density at radius 3 is 2.54 bits per heavy atom. The van der Waals surface area contributed by atoms with Gasteiger partial charge >= 0.3 is 0 Å². The molecule has 0 saturated carbocycles. The molecule has 0 aromatic heterocycles. The maximum absolute atomic E-state index is 13.2. The highest BCUT2D eigenvalue weighted by molar-refractivity contribution is 14.1. The molecule has 0 radical (unpaired) electrons. The van der Waals surface area contributed by atoms with Crippen molar-refractivity contribution in [3.63, 3.8) is 0 Å². The largest absolute Gasteiger partial charge is 0.494 e. The van der Waals surface area contributed by atoms with Crippen molar-refractivity contribution >= 4 is 80.2 Å². The molecule has 0 bridgehead atoms. The molecule has 3 aromatic carbocycles. The third-order valence-corrected chi connectivity index (χ3v) is 7.55. The maximum Gasteiger partial charge on any atom is 0.270 e. The quantitative estimate of drug-likeness (QED) is 0.146. The van der Waals surface area contributed by atoms with Crippen molar-refractivity contribution in [3.8, 4) is 17.2 Å². The number of rotatable bonds is 8. The molecule has 1 heterocycles. The lowest BCUT2D eigenvalue weighted by molar-refractivity contribution is -0.113. The molecule has 3 aromatic rings. The van der Waals surface area contributed by atoms with Crippen LogP contribution in [-0.4, -0.2) is 23.9 Å². The number of halogens is 2. The minimum atomic E-state index is -0.169. The number of ether oxygens (including phenoxy) is 3. The van der Waals surface area contributed by atoms with Crippen LogP contribution in [0.15, 0.2) is 65.6 Å². The van der Waals surface area contributed by atoms with Gasteiger partial charge in [-0.25, -0.2) is 0 Å². The molecule has 180 valence electrons. The van der Waals surface area contributed by atoms with Gasteiger partial charge in [-0.3, -0.25) is 9.69 Å². The van der Waals surface area contributed by atoms with Gasteiger partial charge in [-0.15, -0.1) is 0 Å². The third-order valence-electron chi connectivity index (χ3n) is 5.08. The van der Waals surface area contributed by atoms with Gasteiger partial charge in [0.25, 0.3) is 5.91 Å². The van der Waals surface area contributed by atoms with Crippen LogP contribution in [0.1, 0.15) is 18.1 Å². The molecule has 9 heteroatoms. The number of amides is 1. The topological polar surface area (TPSA) is 48.0 Å². The molecule has 0 spiro atoms. The zero-order chi connectivity index (χ0) is 24.9. The van der Waals surface area contributed by atoms with Crippen molar-refractivity contribution in [2.45, 2.75) is 13.5 Å². The number of thiocarbonyl (C=S) groups is 1. The Hall–Kier alpha value is -2.27. The Kier molecular flexibility index (Phi) is 8.59. The predicted molar refractivity (Wildman–Crippen MR) is 155 cm³/mol. The van der Waals surface area contributed by atoms with E-state index in [1.54, 1.807) is 7.11 Å². The molecule has 4 rings (SSSR count). The molecular weight excluding hydrogens is 617 g/mol. The molecule has 0 aliphatic carbocycles. The van der Waals surface area contributed by atoms with E-state index in [9.17, 15) is 4.79 Å². The van der Waals surface area contributed by atoms with E-state index < -0.39 is 0 Å². The second kappa shape index (κ2) is 11.6. The van der Waals surface area contributed by atoms with E-state index in [2.05, 4.69) is 22.6 Å². The normalized spacial score (nSPS) is 14.5. The molecule has 1 fully saturated rings. The fraction of sp³-hybridized carbons (Fsp3) is 0.154. The van der Waals surface area contributed by atoms with E-state index in [0.29, 0.717) is 44.6 Å². The van der Waals surface area contributed by atoms with Gasteiger partial charge in [-0.2, -0.15) is 0 Å². The zero-order valence-electron chi connectivity index (χ0n) is 18.9. The van der Waals surface area contributed by atoms with Crippen molar-refractivity contribution in [3.05, 3.63) is 85.3 Å². The summed E-state index contributed by atoms with van der Waals surface area (Å²) in [5, 5.41) is 0.646. The number of carbonyl (C=O) groups excluding carboxylic acids is 1. The summed E-state index contributed by atoms with van der Waals surface area (Å²) in [5.74, 6) is 1.76. The molecule has 5 nitrogen and oxygen atoms in total. The van der Waals surface area contributed by atoms with Gasteiger partial charge in [-0.05, 0) is 83.6 Å². The summed E-state index contributed by atoms with van der Waals surface area (Å²) in [6.45, 7) is 2.82. The van der Waals surface area contributed by atoms with Crippen LogP contribution in [0.25, 0.3) is 6.08 Å². The summed E-state index contributed by atoms with van der Waals surface area (Å²) in [4.78, 5) is 15.2. The minimum Gasteiger partial charge on any atom is -0.494 e. The lowest BCUT2D eigenvalue weighted by atomic mass is 10.1. The van der Waals surface area contributed by atoms with Crippen LogP contribution in [0.5, 0.6) is 17.2 Å². The number of hydrogen-bond acceptors (Lipinski definition) is 6. The fourth-order valence-corrected chi connectivity index (χ4v) is 5.70. The number of carbonyl (C=O) groups is 1. The SMILES string of the molecule is CCOc1ccc(N2C(=O)/C(=C\c3cc(I)c(OCc4ccccc4Cl)c(OC)c3)SC2=S)cc1. The molecule has 1 saturated heterocycles. The first-order valence-corrected chi connectivity index (χ1v) is 13.3. The van der Waals surface area contributed by atoms with E-state index in [1.165, 1.54) is 16.7 Å². The fourth-order valence-electron chi connectivity index (χ4n) is 3.43. The summed E-state index contributed by atoms with van der Waals surface area (Å²) in [6.07, 6.45) is 1.82. The van der Waals surface area contributed by atoms with Gasteiger partial charge in [-0.1, -0.05) is 53.8 Å². The van der Waals surface area contributed by atoms with Crippen molar-refractivity contribution in [1.82, 2.24) is 0 Å². The van der Waals surface area contributed by atoms with Gasteiger partial charge < -0.3 is 14.2 Å². The Bertz CT molecular complexity index is 1300. The van der Waals surface area contributed by atoms with E-state index in [0.717, 1.165) is 20.4 Å². The van der Waals surface area contributed by atoms with Crippen LogP contribution in [0, 0.1) is 3.57 Å². The summed E-state index contributed by atoms with van der Waals surface area (Å²) in [6, 6.07) is 18.6. The number of nitrogens with zero attached hydrogens (tertiary/aromatic N) is 1. The number of anilines is 1. The molecule has 1 amide bonds. The highest BCUT2D eigenvalue weighted by atomic mass is 127. The minimum absolute atomic E-state index is 0.169. The summed E-state index contributed by atoms with van der Waals surface area (Å²) < 4.78 is 18.4. The molecule has 0 unspecified atom stereocenters. The smallest absolute Gasteiger partial charge is 0.270 e. The monoisotopic (exact) mass is 637 g/mol. The number of methoxy groups -OCH3 is 1. The number of benzene rings is 3. The van der Waals surface area contributed by atoms with Crippen LogP contribution in [0.3, 0.4) is 0 Å². The second-order valence-electron chi connectivity index (χ2n) is 7.36. The predicted octanol–water partition coefficient (Wildman–Crippen LogP) is 7.34. The Balaban J connectivity index is 1.56. The van der Waals surface area contributed by atoms with Gasteiger partial charge in [0.1, 0.15) is 12.4 Å². The average molecular weight is 638 g/mol. The standard InChI is InChI=1S/C26H21ClINO4S2/c1-3-32-19-10-8-18(9-11-19)29-25(30)23(35-26(29)34)14-16-12-21(28)24(22(13-16)31-2)33-15-17-6-4-5-7-20(17)27/h4-14H,3,15H2,1-2H3/b23-14+. The summed E-state index contributed by atoms with van der Waals surface area (Å²) in [5.41, 5.74) is 2.40. The van der Waals surface area contributed by atoms with Crippen molar-refractivity contribution < 1.29 is 19.0 Å². The van der Waals surface area contributed by atoms with Crippen molar-refractivity contribution in [2.24, 2.45) is 0 Å². The van der Waals surface area contributed by atoms with Crippen LogP contribution >= 0.6 is 58.2 Å². The molecular formula is C26H21ClINO4S2. The summed E-state index contributed by atoms with van der Waals surface area (Å²) in [7, 11) is 1.59. The summed E-state index contributed by atoms with van der Waals surface area (Å²) >= 11 is 15.2. The van der Waals surface area contributed by atoms with Gasteiger partial charge in [0.05, 0.1) is 27.9 Å². The van der Waals surface area contributed by atoms with E-state index in [-0.39, 0.29) is 5.91 Å². The van der Waals surface area contributed by atoms with Crippen molar-refractivity contribution in [2.75, 3.05) is 18.6 Å². The third kappa shape index (κ3) is 5.94. The Morgan fingerprint density at radius 2 is 1.86 bits per heavy atom. The van der Waals surface area contributed by atoms with Gasteiger partial charge in [0.2, 0.25) is 0 Å². The number of thioether (sulfide) groups is 1. The molecule has 35 heavy (non-hydrogen) atoms. The Labute approximate surface area is 232 Å². The highest BCUT2D eigenvalue weighted by Gasteiger charge is 2.33.